The molecule has 33 heavy (non-hydrogen) atoms. The van der Waals surface area contributed by atoms with E-state index in [1.807, 2.05) is 24.4 Å². The average molecular weight is 455 g/mol. The molecule has 1 saturated heterocycles. The van der Waals surface area contributed by atoms with Crippen LogP contribution in [0.25, 0.3) is 22.2 Å². The summed E-state index contributed by atoms with van der Waals surface area (Å²) in [5, 5.41) is 7.19. The van der Waals surface area contributed by atoms with Crippen molar-refractivity contribution in [3.63, 3.8) is 0 Å². The van der Waals surface area contributed by atoms with Gasteiger partial charge in [-0.15, -0.1) is 0 Å². The first-order chi connectivity index (χ1) is 15.9. The highest BCUT2D eigenvalue weighted by molar-refractivity contribution is 5.81. The molecular formula is C23H24F3N7. The van der Waals surface area contributed by atoms with Gasteiger partial charge in [-0.2, -0.15) is 18.3 Å². The molecule has 172 valence electrons. The molecule has 1 fully saturated rings. The third-order valence-electron chi connectivity index (χ3n) is 5.68. The summed E-state index contributed by atoms with van der Waals surface area (Å²) in [6.07, 6.45) is 0.953. The lowest BCUT2D eigenvalue weighted by Crippen LogP contribution is -2.42. The second-order valence-electron chi connectivity index (χ2n) is 8.32. The highest BCUT2D eigenvalue weighted by Gasteiger charge is 2.28. The second-order valence-corrected chi connectivity index (χ2v) is 8.32. The van der Waals surface area contributed by atoms with Gasteiger partial charge in [0.25, 0.3) is 0 Å². The molecule has 1 aliphatic rings. The molecule has 0 radical (unpaired) electrons. The number of nitrogens with one attached hydrogen (secondary N) is 2. The van der Waals surface area contributed by atoms with Crippen LogP contribution in [0.2, 0.25) is 0 Å². The van der Waals surface area contributed by atoms with Crippen LogP contribution in [0, 0.1) is 0 Å². The summed E-state index contributed by atoms with van der Waals surface area (Å²) in [6, 6.07) is 9.76. The number of rotatable bonds is 6. The minimum Gasteiger partial charge on any atom is -0.342 e. The SMILES string of the molecule is FC(F)(F)Cn1cc(-c2ccc3nc(Cc4cc(CN5CCNCC5)ccn4)[nH]c3c2)cn1. The van der Waals surface area contributed by atoms with Gasteiger partial charge in [-0.3, -0.25) is 14.6 Å². The Morgan fingerprint density at radius 3 is 2.70 bits per heavy atom. The molecule has 4 heterocycles. The number of imidazole rings is 1. The van der Waals surface area contributed by atoms with Gasteiger partial charge in [0.1, 0.15) is 12.4 Å². The van der Waals surface area contributed by atoms with E-state index in [-0.39, 0.29) is 0 Å². The molecule has 7 nitrogen and oxygen atoms in total. The number of nitrogens with zero attached hydrogens (tertiary/aromatic N) is 5. The van der Waals surface area contributed by atoms with E-state index in [4.69, 9.17) is 0 Å². The molecule has 0 spiro atoms. The van der Waals surface area contributed by atoms with Crippen LogP contribution >= 0.6 is 0 Å². The molecule has 3 aromatic heterocycles. The van der Waals surface area contributed by atoms with Crippen LogP contribution < -0.4 is 5.32 Å². The van der Waals surface area contributed by atoms with Crippen molar-refractivity contribution in [1.82, 2.24) is 34.9 Å². The number of hydrogen-bond donors (Lipinski definition) is 2. The third kappa shape index (κ3) is 5.40. The van der Waals surface area contributed by atoms with Crippen LogP contribution in [0.3, 0.4) is 0 Å². The lowest BCUT2D eigenvalue weighted by Gasteiger charge is -2.27. The maximum atomic E-state index is 12.6. The topological polar surface area (TPSA) is 74.7 Å². The summed E-state index contributed by atoms with van der Waals surface area (Å²) in [5.74, 6) is 0.793. The molecule has 5 rings (SSSR count). The van der Waals surface area contributed by atoms with Crippen LogP contribution in [0.15, 0.2) is 48.9 Å². The van der Waals surface area contributed by atoms with Crippen molar-refractivity contribution >= 4 is 11.0 Å². The molecular weight excluding hydrogens is 431 g/mol. The fourth-order valence-corrected chi connectivity index (χ4v) is 4.13. The van der Waals surface area contributed by atoms with Gasteiger partial charge < -0.3 is 10.3 Å². The number of piperazine rings is 1. The Balaban J connectivity index is 1.31. The van der Waals surface area contributed by atoms with E-state index in [0.717, 1.165) is 65.5 Å². The first kappa shape index (κ1) is 21.6. The number of aromatic nitrogens is 5. The Kier molecular flexibility index (Phi) is 5.86. The monoisotopic (exact) mass is 455 g/mol. The van der Waals surface area contributed by atoms with Crippen LogP contribution in [-0.4, -0.2) is 62.0 Å². The molecule has 0 aliphatic carbocycles. The van der Waals surface area contributed by atoms with Gasteiger partial charge in [-0.25, -0.2) is 4.98 Å². The van der Waals surface area contributed by atoms with Crippen molar-refractivity contribution in [3.8, 4) is 11.1 Å². The van der Waals surface area contributed by atoms with E-state index in [0.29, 0.717) is 12.0 Å². The largest absolute Gasteiger partial charge is 0.408 e. The van der Waals surface area contributed by atoms with Crippen molar-refractivity contribution in [2.75, 3.05) is 26.2 Å². The zero-order chi connectivity index (χ0) is 22.8. The Labute approximate surface area is 188 Å². The summed E-state index contributed by atoms with van der Waals surface area (Å²) in [5.41, 5.74) is 5.20. The number of H-pyrrole nitrogens is 1. The number of aromatic amines is 1. The average Bonchev–Trinajstić information content (AvgIpc) is 3.39. The number of pyridine rings is 1. The van der Waals surface area contributed by atoms with Crippen LogP contribution in [0.5, 0.6) is 0 Å². The number of fused-ring (bicyclic) bond motifs is 1. The zero-order valence-corrected chi connectivity index (χ0v) is 17.9. The highest BCUT2D eigenvalue weighted by atomic mass is 19.4. The number of hydrogen-bond acceptors (Lipinski definition) is 5. The normalized spacial score (nSPS) is 15.4. The quantitative estimate of drug-likeness (QED) is 0.466. The number of benzene rings is 1. The lowest BCUT2D eigenvalue weighted by atomic mass is 10.1. The van der Waals surface area contributed by atoms with Crippen molar-refractivity contribution in [2.45, 2.75) is 25.7 Å². The van der Waals surface area contributed by atoms with Crippen LogP contribution in [-0.2, 0) is 19.5 Å². The molecule has 0 atom stereocenters. The minimum absolute atomic E-state index is 0.572. The summed E-state index contributed by atoms with van der Waals surface area (Å²) in [6.45, 7) is 3.91. The van der Waals surface area contributed by atoms with Crippen LogP contribution in [0.1, 0.15) is 17.1 Å². The Bertz CT molecular complexity index is 1240. The van der Waals surface area contributed by atoms with Crippen molar-refractivity contribution < 1.29 is 13.2 Å². The maximum absolute atomic E-state index is 12.6. The number of alkyl halides is 3. The van der Waals surface area contributed by atoms with Gasteiger partial charge in [0, 0.05) is 62.8 Å². The fourth-order valence-electron chi connectivity index (χ4n) is 4.13. The predicted molar refractivity (Wildman–Crippen MR) is 119 cm³/mol. The standard InChI is InChI=1S/C23H24F3N7/c24-23(25,26)15-33-14-18(12-29-33)17-1-2-20-21(10-17)31-22(30-20)11-19-9-16(3-4-28-19)13-32-7-5-27-6-8-32/h1-4,9-10,12,14,27H,5-8,11,13,15H2,(H,30,31). The fraction of sp³-hybridized carbons (Fsp3) is 0.348. The Hall–Kier alpha value is -3.24. The first-order valence-electron chi connectivity index (χ1n) is 10.9. The lowest BCUT2D eigenvalue weighted by molar-refractivity contribution is -0.142. The molecule has 1 aromatic carbocycles. The molecule has 0 bridgehead atoms. The zero-order valence-electron chi connectivity index (χ0n) is 17.9. The predicted octanol–water partition coefficient (Wildman–Crippen LogP) is 3.38. The Morgan fingerprint density at radius 1 is 1.03 bits per heavy atom. The molecule has 2 N–H and O–H groups in total. The molecule has 4 aromatic rings. The van der Waals surface area contributed by atoms with E-state index in [2.05, 4.69) is 42.4 Å². The highest BCUT2D eigenvalue weighted by Crippen LogP contribution is 2.25. The minimum atomic E-state index is -4.30. The van der Waals surface area contributed by atoms with Crippen molar-refractivity contribution in [1.29, 1.82) is 0 Å². The van der Waals surface area contributed by atoms with E-state index >= 15 is 0 Å². The summed E-state index contributed by atoms with van der Waals surface area (Å²) in [4.78, 5) is 14.9. The van der Waals surface area contributed by atoms with Gasteiger partial charge in [-0.1, -0.05) is 6.07 Å². The molecule has 0 unspecified atom stereocenters. The summed E-state index contributed by atoms with van der Waals surface area (Å²) in [7, 11) is 0. The molecule has 0 amide bonds. The first-order valence-corrected chi connectivity index (χ1v) is 10.9. The van der Waals surface area contributed by atoms with Gasteiger partial charge in [0.2, 0.25) is 0 Å². The van der Waals surface area contributed by atoms with E-state index < -0.39 is 12.7 Å². The number of halogens is 3. The maximum Gasteiger partial charge on any atom is 0.408 e. The van der Waals surface area contributed by atoms with E-state index in [9.17, 15) is 13.2 Å². The summed E-state index contributed by atoms with van der Waals surface area (Å²) < 4.78 is 38.7. The van der Waals surface area contributed by atoms with E-state index in [1.165, 1.54) is 18.0 Å². The van der Waals surface area contributed by atoms with Gasteiger partial charge in [0.15, 0.2) is 0 Å². The van der Waals surface area contributed by atoms with Crippen molar-refractivity contribution in [2.24, 2.45) is 0 Å². The van der Waals surface area contributed by atoms with Crippen molar-refractivity contribution in [3.05, 3.63) is 66.0 Å². The molecule has 1 aliphatic heterocycles. The Morgan fingerprint density at radius 2 is 1.88 bits per heavy atom. The molecule has 10 heteroatoms. The van der Waals surface area contributed by atoms with Gasteiger partial charge >= 0.3 is 6.18 Å². The van der Waals surface area contributed by atoms with Gasteiger partial charge in [-0.05, 0) is 35.4 Å². The second kappa shape index (κ2) is 8.95. The smallest absolute Gasteiger partial charge is 0.342 e. The summed E-state index contributed by atoms with van der Waals surface area (Å²) >= 11 is 0. The van der Waals surface area contributed by atoms with E-state index in [1.54, 1.807) is 0 Å². The van der Waals surface area contributed by atoms with Gasteiger partial charge in [0.05, 0.1) is 17.2 Å². The van der Waals surface area contributed by atoms with Crippen LogP contribution in [0.4, 0.5) is 13.2 Å². The molecule has 0 saturated carbocycles. The third-order valence-corrected chi connectivity index (χ3v) is 5.68.